The van der Waals surface area contributed by atoms with Gasteiger partial charge in [0.15, 0.2) is 0 Å². The van der Waals surface area contributed by atoms with E-state index in [1.54, 1.807) is 0 Å². The summed E-state index contributed by atoms with van der Waals surface area (Å²) in [5.74, 6) is 1.56. The van der Waals surface area contributed by atoms with Gasteiger partial charge in [0.2, 0.25) is 5.88 Å². The van der Waals surface area contributed by atoms with Gasteiger partial charge < -0.3 is 10.1 Å². The molecule has 4 nitrogen and oxygen atoms in total. The maximum atomic E-state index is 5.65. The first-order valence-corrected chi connectivity index (χ1v) is 5.37. The Bertz CT molecular complexity index is 313. The molecule has 1 aromatic rings. The lowest BCUT2D eigenvalue weighted by molar-refractivity contribution is 0.229. The van der Waals surface area contributed by atoms with Crippen molar-refractivity contribution in [2.45, 2.75) is 39.7 Å². The number of rotatable bonds is 5. The van der Waals surface area contributed by atoms with Gasteiger partial charge in [-0.15, -0.1) is 0 Å². The zero-order valence-corrected chi connectivity index (χ0v) is 9.87. The first kappa shape index (κ1) is 11.8. The van der Waals surface area contributed by atoms with Crippen LogP contribution in [0.4, 0.5) is 5.82 Å². The van der Waals surface area contributed by atoms with E-state index < -0.39 is 0 Å². The van der Waals surface area contributed by atoms with Crippen molar-refractivity contribution in [3.63, 3.8) is 0 Å². The van der Waals surface area contributed by atoms with E-state index in [0.29, 0.717) is 5.88 Å². The van der Waals surface area contributed by atoms with E-state index in [1.807, 2.05) is 20.9 Å². The molecule has 0 spiro atoms. The van der Waals surface area contributed by atoms with Crippen molar-refractivity contribution in [1.82, 2.24) is 9.97 Å². The van der Waals surface area contributed by atoms with E-state index in [-0.39, 0.29) is 6.10 Å². The van der Waals surface area contributed by atoms with Crippen LogP contribution in [-0.4, -0.2) is 23.1 Å². The van der Waals surface area contributed by atoms with Crippen LogP contribution in [0.2, 0.25) is 0 Å². The fourth-order valence-corrected chi connectivity index (χ4v) is 1.41. The van der Waals surface area contributed by atoms with Gasteiger partial charge >= 0.3 is 0 Å². The number of nitrogens with one attached hydrogen (secondary N) is 1. The van der Waals surface area contributed by atoms with E-state index >= 15 is 0 Å². The van der Waals surface area contributed by atoms with Gasteiger partial charge in [0.1, 0.15) is 12.1 Å². The summed E-state index contributed by atoms with van der Waals surface area (Å²) in [5.41, 5.74) is 1.07. The molecular weight excluding hydrogens is 190 g/mol. The smallest absolute Gasteiger partial charge is 0.222 e. The highest BCUT2D eigenvalue weighted by Gasteiger charge is 2.11. The van der Waals surface area contributed by atoms with Gasteiger partial charge in [0.05, 0.1) is 11.7 Å². The Labute approximate surface area is 91.1 Å². The topological polar surface area (TPSA) is 47.0 Å². The number of hydrogen-bond acceptors (Lipinski definition) is 4. The SMILES string of the molecule is CCCc1c(NC)ncnc1OC(C)C. The van der Waals surface area contributed by atoms with Crippen LogP contribution < -0.4 is 10.1 Å². The Kier molecular flexibility index (Phi) is 4.34. The lowest BCUT2D eigenvalue weighted by Gasteiger charge is -2.14. The van der Waals surface area contributed by atoms with Gasteiger partial charge in [-0.05, 0) is 20.3 Å². The Morgan fingerprint density at radius 3 is 2.67 bits per heavy atom. The van der Waals surface area contributed by atoms with Crippen LogP contribution in [0, 0.1) is 0 Å². The van der Waals surface area contributed by atoms with E-state index in [4.69, 9.17) is 4.74 Å². The maximum absolute atomic E-state index is 5.65. The normalized spacial score (nSPS) is 10.5. The summed E-state index contributed by atoms with van der Waals surface area (Å²) in [6, 6.07) is 0. The van der Waals surface area contributed by atoms with Gasteiger partial charge in [-0.25, -0.2) is 9.97 Å². The first-order chi connectivity index (χ1) is 7.19. The number of hydrogen-bond donors (Lipinski definition) is 1. The average Bonchev–Trinajstić information content (AvgIpc) is 2.20. The van der Waals surface area contributed by atoms with Gasteiger partial charge in [0.25, 0.3) is 0 Å². The molecular formula is C11H19N3O. The molecule has 0 saturated heterocycles. The lowest BCUT2D eigenvalue weighted by Crippen LogP contribution is -2.11. The van der Waals surface area contributed by atoms with Crippen LogP contribution in [0.15, 0.2) is 6.33 Å². The second-order valence-corrected chi connectivity index (χ2v) is 3.67. The summed E-state index contributed by atoms with van der Waals surface area (Å²) in [4.78, 5) is 8.35. The average molecular weight is 209 g/mol. The number of anilines is 1. The molecule has 0 aliphatic rings. The summed E-state index contributed by atoms with van der Waals surface area (Å²) >= 11 is 0. The van der Waals surface area contributed by atoms with E-state index in [2.05, 4.69) is 22.2 Å². The molecule has 1 aromatic heterocycles. The third kappa shape index (κ3) is 3.08. The van der Waals surface area contributed by atoms with E-state index in [0.717, 1.165) is 24.2 Å². The monoisotopic (exact) mass is 209 g/mol. The lowest BCUT2D eigenvalue weighted by atomic mass is 10.1. The van der Waals surface area contributed by atoms with Gasteiger partial charge in [-0.1, -0.05) is 13.3 Å². The van der Waals surface area contributed by atoms with Crippen LogP contribution in [0.5, 0.6) is 5.88 Å². The van der Waals surface area contributed by atoms with Crippen LogP contribution in [0.3, 0.4) is 0 Å². The minimum Gasteiger partial charge on any atom is -0.475 e. The van der Waals surface area contributed by atoms with E-state index in [9.17, 15) is 0 Å². The Morgan fingerprint density at radius 2 is 2.13 bits per heavy atom. The van der Waals surface area contributed by atoms with Crippen LogP contribution in [0.1, 0.15) is 32.8 Å². The fourth-order valence-electron chi connectivity index (χ4n) is 1.41. The summed E-state index contributed by atoms with van der Waals surface area (Å²) in [6.07, 6.45) is 3.65. The molecule has 0 atom stereocenters. The molecule has 0 aromatic carbocycles. The molecule has 1 rings (SSSR count). The van der Waals surface area contributed by atoms with Crippen molar-refractivity contribution in [2.24, 2.45) is 0 Å². The quantitative estimate of drug-likeness (QED) is 0.808. The molecule has 0 aliphatic heterocycles. The summed E-state index contributed by atoms with van der Waals surface area (Å²) in [6.45, 7) is 6.12. The minimum absolute atomic E-state index is 0.139. The minimum atomic E-state index is 0.139. The van der Waals surface area contributed by atoms with Crippen molar-refractivity contribution in [3.8, 4) is 5.88 Å². The molecule has 1 N–H and O–H groups in total. The van der Waals surface area contributed by atoms with Gasteiger partial charge in [-0.3, -0.25) is 0 Å². The molecule has 84 valence electrons. The summed E-state index contributed by atoms with van der Waals surface area (Å²) in [5, 5.41) is 3.06. The fraction of sp³-hybridized carbons (Fsp3) is 0.636. The third-order valence-corrected chi connectivity index (χ3v) is 1.99. The number of nitrogens with zero attached hydrogens (tertiary/aromatic N) is 2. The predicted octanol–water partition coefficient (Wildman–Crippen LogP) is 2.26. The second-order valence-electron chi connectivity index (χ2n) is 3.67. The van der Waals surface area contributed by atoms with Crippen molar-refractivity contribution in [1.29, 1.82) is 0 Å². The molecule has 4 heteroatoms. The molecule has 15 heavy (non-hydrogen) atoms. The number of ether oxygens (including phenoxy) is 1. The van der Waals surface area contributed by atoms with Crippen molar-refractivity contribution >= 4 is 5.82 Å². The third-order valence-electron chi connectivity index (χ3n) is 1.99. The maximum Gasteiger partial charge on any atom is 0.222 e. The summed E-state index contributed by atoms with van der Waals surface area (Å²) in [7, 11) is 1.86. The standard InChI is InChI=1S/C11H19N3O/c1-5-6-9-10(12-4)13-7-14-11(9)15-8(2)3/h7-8H,5-6H2,1-4H3,(H,12,13,14). The highest BCUT2D eigenvalue weighted by Crippen LogP contribution is 2.23. The Balaban J connectivity index is 3.01. The van der Waals surface area contributed by atoms with Gasteiger partial charge in [-0.2, -0.15) is 0 Å². The molecule has 0 radical (unpaired) electrons. The number of aromatic nitrogens is 2. The largest absolute Gasteiger partial charge is 0.475 e. The van der Waals surface area contributed by atoms with Gasteiger partial charge in [0, 0.05) is 7.05 Å². The second kappa shape index (κ2) is 5.53. The van der Waals surface area contributed by atoms with E-state index in [1.165, 1.54) is 6.33 Å². The van der Waals surface area contributed by atoms with Crippen LogP contribution in [-0.2, 0) is 6.42 Å². The highest BCUT2D eigenvalue weighted by molar-refractivity contribution is 5.48. The van der Waals surface area contributed by atoms with Crippen molar-refractivity contribution in [3.05, 3.63) is 11.9 Å². The highest BCUT2D eigenvalue weighted by atomic mass is 16.5. The molecule has 0 bridgehead atoms. The summed E-state index contributed by atoms with van der Waals surface area (Å²) < 4.78 is 5.65. The molecule has 0 amide bonds. The molecule has 0 aliphatic carbocycles. The first-order valence-electron chi connectivity index (χ1n) is 5.37. The molecule has 0 unspecified atom stereocenters. The predicted molar refractivity (Wildman–Crippen MR) is 61.3 cm³/mol. The van der Waals surface area contributed by atoms with Crippen LogP contribution in [0.25, 0.3) is 0 Å². The molecule has 0 fully saturated rings. The zero-order valence-electron chi connectivity index (χ0n) is 9.87. The Morgan fingerprint density at radius 1 is 1.40 bits per heavy atom. The zero-order chi connectivity index (χ0) is 11.3. The van der Waals surface area contributed by atoms with Crippen LogP contribution >= 0.6 is 0 Å². The van der Waals surface area contributed by atoms with Crippen molar-refractivity contribution < 1.29 is 4.74 Å². The molecule has 0 saturated carbocycles. The van der Waals surface area contributed by atoms with Crippen molar-refractivity contribution in [2.75, 3.05) is 12.4 Å². The molecule has 1 heterocycles. The Hall–Kier alpha value is -1.32.